The van der Waals surface area contributed by atoms with Gasteiger partial charge in [-0.25, -0.2) is 4.98 Å². The molecule has 0 unspecified atom stereocenters. The second-order valence-electron chi connectivity index (χ2n) is 8.49. The van der Waals surface area contributed by atoms with Gasteiger partial charge in [-0.1, -0.05) is 45.0 Å². The fourth-order valence-corrected chi connectivity index (χ4v) is 4.12. The molecule has 1 saturated heterocycles. The molecule has 6 nitrogen and oxygen atoms in total. The van der Waals surface area contributed by atoms with E-state index < -0.39 is 0 Å². The lowest BCUT2D eigenvalue weighted by Gasteiger charge is -2.18. The first-order valence-corrected chi connectivity index (χ1v) is 10.9. The highest BCUT2D eigenvalue weighted by atomic mass is 32.1. The maximum absolute atomic E-state index is 12.6. The molecule has 0 saturated carbocycles. The molecule has 0 spiro atoms. The third-order valence-corrected chi connectivity index (χ3v) is 5.97. The van der Waals surface area contributed by atoms with E-state index in [1.807, 2.05) is 17.5 Å². The van der Waals surface area contributed by atoms with Crippen molar-refractivity contribution < 1.29 is 14.4 Å². The summed E-state index contributed by atoms with van der Waals surface area (Å²) in [5.74, 6) is -0.726. The Morgan fingerprint density at radius 2 is 1.58 bits per heavy atom. The highest BCUT2D eigenvalue weighted by Gasteiger charge is 2.30. The van der Waals surface area contributed by atoms with Crippen LogP contribution in [0.2, 0.25) is 0 Å². The first-order chi connectivity index (χ1) is 14.7. The monoisotopic (exact) mass is 433 g/mol. The Balaban J connectivity index is 1.44. The van der Waals surface area contributed by atoms with Crippen molar-refractivity contribution >= 4 is 39.9 Å². The Kier molecular flexibility index (Phi) is 5.45. The standard InChI is InChI=1S/C24H23N3O3S/c1-24(2,3)17-8-4-15(5-9-17)19-14-31-23(25-19)26-22(30)16-6-10-18(11-7-16)27-20(28)12-13-21(27)29/h4-11,14H,12-13H2,1-3H3,(H,25,26,30). The number of nitrogens with one attached hydrogen (secondary N) is 1. The van der Waals surface area contributed by atoms with Crippen LogP contribution in [0.5, 0.6) is 0 Å². The quantitative estimate of drug-likeness (QED) is 0.587. The van der Waals surface area contributed by atoms with E-state index >= 15 is 0 Å². The van der Waals surface area contributed by atoms with Gasteiger partial charge in [-0.15, -0.1) is 11.3 Å². The van der Waals surface area contributed by atoms with Crippen LogP contribution in [0.4, 0.5) is 10.8 Å². The number of imide groups is 1. The number of benzene rings is 2. The fourth-order valence-electron chi connectivity index (χ4n) is 3.40. The molecule has 0 aliphatic carbocycles. The van der Waals surface area contributed by atoms with Crippen molar-refractivity contribution in [2.24, 2.45) is 0 Å². The molecular weight excluding hydrogens is 410 g/mol. The Hall–Kier alpha value is -3.32. The maximum Gasteiger partial charge on any atom is 0.257 e. The third-order valence-electron chi connectivity index (χ3n) is 5.21. The summed E-state index contributed by atoms with van der Waals surface area (Å²) < 4.78 is 0. The summed E-state index contributed by atoms with van der Waals surface area (Å²) in [6.07, 6.45) is 0.457. The van der Waals surface area contributed by atoms with E-state index in [0.29, 0.717) is 16.4 Å². The predicted molar refractivity (Wildman–Crippen MR) is 122 cm³/mol. The van der Waals surface area contributed by atoms with Gasteiger partial charge >= 0.3 is 0 Å². The van der Waals surface area contributed by atoms with Crippen LogP contribution in [0.25, 0.3) is 11.3 Å². The molecule has 3 aromatic rings. The zero-order valence-corrected chi connectivity index (χ0v) is 18.5. The van der Waals surface area contributed by atoms with Crippen LogP contribution >= 0.6 is 11.3 Å². The predicted octanol–water partition coefficient (Wildman–Crippen LogP) is 5.01. The van der Waals surface area contributed by atoms with Crippen molar-refractivity contribution in [3.8, 4) is 11.3 Å². The maximum atomic E-state index is 12.6. The van der Waals surface area contributed by atoms with Crippen LogP contribution in [-0.2, 0) is 15.0 Å². The zero-order valence-electron chi connectivity index (χ0n) is 17.6. The van der Waals surface area contributed by atoms with Gasteiger partial charge in [0.15, 0.2) is 5.13 Å². The van der Waals surface area contributed by atoms with Gasteiger partial charge in [0.2, 0.25) is 11.8 Å². The molecule has 4 rings (SSSR count). The van der Waals surface area contributed by atoms with E-state index in [0.717, 1.165) is 11.3 Å². The minimum atomic E-state index is -0.297. The molecule has 158 valence electrons. The van der Waals surface area contributed by atoms with Crippen molar-refractivity contribution in [2.45, 2.75) is 39.0 Å². The van der Waals surface area contributed by atoms with E-state index in [-0.39, 0.29) is 36.0 Å². The molecule has 1 fully saturated rings. The van der Waals surface area contributed by atoms with Crippen molar-refractivity contribution in [3.05, 3.63) is 65.0 Å². The van der Waals surface area contributed by atoms with Gasteiger partial charge < -0.3 is 0 Å². The fraction of sp³-hybridized carbons (Fsp3) is 0.250. The molecule has 0 radical (unpaired) electrons. The molecule has 7 heteroatoms. The van der Waals surface area contributed by atoms with Crippen LogP contribution in [-0.4, -0.2) is 22.7 Å². The largest absolute Gasteiger partial charge is 0.298 e. The number of nitrogens with zero attached hydrogens (tertiary/aromatic N) is 2. The average Bonchev–Trinajstić information content (AvgIpc) is 3.34. The summed E-state index contributed by atoms with van der Waals surface area (Å²) >= 11 is 1.36. The number of thiazole rings is 1. The van der Waals surface area contributed by atoms with Gasteiger partial charge in [-0.05, 0) is 35.2 Å². The minimum absolute atomic E-state index is 0.0879. The number of aromatic nitrogens is 1. The minimum Gasteiger partial charge on any atom is -0.298 e. The average molecular weight is 434 g/mol. The Labute approximate surface area is 184 Å². The molecule has 1 aliphatic rings. The number of rotatable bonds is 4. The van der Waals surface area contributed by atoms with Gasteiger partial charge in [-0.2, -0.15) is 0 Å². The molecule has 2 heterocycles. The SMILES string of the molecule is CC(C)(C)c1ccc(-c2csc(NC(=O)c3ccc(N4C(=O)CCC4=O)cc3)n2)cc1. The van der Waals surface area contributed by atoms with Gasteiger partial charge in [0.05, 0.1) is 11.4 Å². The van der Waals surface area contributed by atoms with E-state index in [2.05, 4.69) is 43.2 Å². The van der Waals surface area contributed by atoms with E-state index in [1.54, 1.807) is 24.3 Å². The van der Waals surface area contributed by atoms with Crippen molar-refractivity contribution in [2.75, 3.05) is 10.2 Å². The van der Waals surface area contributed by atoms with Crippen LogP contribution in [0.3, 0.4) is 0 Å². The number of carbonyl (C=O) groups excluding carboxylic acids is 3. The number of anilines is 2. The molecule has 1 aromatic heterocycles. The van der Waals surface area contributed by atoms with Crippen LogP contribution in [0.1, 0.15) is 49.5 Å². The lowest BCUT2D eigenvalue weighted by molar-refractivity contribution is -0.121. The smallest absolute Gasteiger partial charge is 0.257 e. The zero-order chi connectivity index (χ0) is 22.2. The second-order valence-corrected chi connectivity index (χ2v) is 9.35. The third kappa shape index (κ3) is 4.41. The first kappa shape index (κ1) is 20.9. The Morgan fingerprint density at radius 3 is 2.16 bits per heavy atom. The molecule has 2 aromatic carbocycles. The highest BCUT2D eigenvalue weighted by Crippen LogP contribution is 2.29. The van der Waals surface area contributed by atoms with Gasteiger partial charge in [0, 0.05) is 29.3 Å². The lowest BCUT2D eigenvalue weighted by atomic mass is 9.86. The van der Waals surface area contributed by atoms with Crippen LogP contribution in [0, 0.1) is 0 Å². The van der Waals surface area contributed by atoms with Gasteiger partial charge in [-0.3, -0.25) is 24.6 Å². The summed E-state index contributed by atoms with van der Waals surface area (Å²) in [4.78, 5) is 42.0. The van der Waals surface area contributed by atoms with Gasteiger partial charge in [0.1, 0.15) is 0 Å². The van der Waals surface area contributed by atoms with E-state index in [1.165, 1.54) is 21.8 Å². The highest BCUT2D eigenvalue weighted by molar-refractivity contribution is 7.14. The van der Waals surface area contributed by atoms with Crippen molar-refractivity contribution in [1.82, 2.24) is 4.98 Å². The Morgan fingerprint density at radius 1 is 0.968 bits per heavy atom. The summed E-state index contributed by atoms with van der Waals surface area (Å²) in [5, 5.41) is 5.23. The number of amides is 3. The van der Waals surface area contributed by atoms with Crippen molar-refractivity contribution in [1.29, 1.82) is 0 Å². The lowest BCUT2D eigenvalue weighted by Crippen LogP contribution is -2.28. The molecule has 1 N–H and O–H groups in total. The van der Waals surface area contributed by atoms with E-state index in [9.17, 15) is 14.4 Å². The number of hydrogen-bond acceptors (Lipinski definition) is 5. The number of carbonyl (C=O) groups is 3. The molecular formula is C24H23N3O3S. The molecule has 0 bridgehead atoms. The molecule has 31 heavy (non-hydrogen) atoms. The van der Waals surface area contributed by atoms with Crippen molar-refractivity contribution in [3.63, 3.8) is 0 Å². The normalized spacial score (nSPS) is 14.2. The van der Waals surface area contributed by atoms with Gasteiger partial charge in [0.25, 0.3) is 5.91 Å². The van der Waals surface area contributed by atoms with E-state index in [4.69, 9.17) is 0 Å². The molecule has 3 amide bonds. The second kappa shape index (κ2) is 8.07. The van der Waals surface area contributed by atoms with Crippen LogP contribution in [0.15, 0.2) is 53.9 Å². The Bertz CT molecular complexity index is 1130. The summed E-state index contributed by atoms with van der Waals surface area (Å²) in [6, 6.07) is 14.7. The van der Waals surface area contributed by atoms with Crippen LogP contribution < -0.4 is 10.2 Å². The number of hydrogen-bond donors (Lipinski definition) is 1. The molecule has 1 aliphatic heterocycles. The topological polar surface area (TPSA) is 79.4 Å². The summed E-state index contributed by atoms with van der Waals surface area (Å²) in [6.45, 7) is 6.52. The summed E-state index contributed by atoms with van der Waals surface area (Å²) in [7, 11) is 0. The summed E-state index contributed by atoms with van der Waals surface area (Å²) in [5.41, 5.74) is 4.05. The molecule has 0 atom stereocenters. The first-order valence-electron chi connectivity index (χ1n) is 10.1.